The van der Waals surface area contributed by atoms with Gasteiger partial charge in [-0.15, -0.1) is 12.4 Å². The van der Waals surface area contributed by atoms with Gasteiger partial charge in [-0.1, -0.05) is 6.92 Å². The second-order valence-electron chi connectivity index (χ2n) is 5.00. The number of amides is 1. The number of fused-ring (bicyclic) bond motifs is 1. The Morgan fingerprint density at radius 3 is 2.90 bits per heavy atom. The van der Waals surface area contributed by atoms with Gasteiger partial charge in [0.15, 0.2) is 0 Å². The monoisotopic (exact) mass is 313 g/mol. The molecule has 1 heterocycles. The highest BCUT2D eigenvalue weighted by molar-refractivity contribution is 5.85. The number of H-pyrrole nitrogens is 1. The second-order valence-corrected chi connectivity index (χ2v) is 5.00. The van der Waals surface area contributed by atoms with Crippen molar-refractivity contribution in [2.75, 3.05) is 20.1 Å². The lowest BCUT2D eigenvalue weighted by Gasteiger charge is -2.11. The van der Waals surface area contributed by atoms with Crippen molar-refractivity contribution in [1.82, 2.24) is 15.6 Å². The quantitative estimate of drug-likeness (QED) is 0.766. The topological polar surface area (TPSA) is 56.9 Å². The summed E-state index contributed by atoms with van der Waals surface area (Å²) in [7, 11) is 1.83. The summed E-state index contributed by atoms with van der Waals surface area (Å²) < 4.78 is 13.1. The van der Waals surface area contributed by atoms with Gasteiger partial charge in [0.2, 0.25) is 5.91 Å². The molecule has 2 aromatic rings. The molecule has 1 aromatic heterocycles. The van der Waals surface area contributed by atoms with E-state index in [2.05, 4.69) is 15.6 Å². The standard InChI is InChI=1S/C15H20FN3O.ClH/c1-10(8-17-2)15(20)18-6-5-11-9-19-14-7-12(16)3-4-13(11)14;/h3-4,7,9-10,17,19H,5-6,8H2,1-2H3,(H,18,20);1H. The molecule has 1 aromatic carbocycles. The number of carbonyl (C=O) groups excluding carboxylic acids is 1. The molecule has 1 unspecified atom stereocenters. The van der Waals surface area contributed by atoms with Crippen molar-refractivity contribution in [2.45, 2.75) is 13.3 Å². The van der Waals surface area contributed by atoms with Gasteiger partial charge in [-0.25, -0.2) is 4.39 Å². The summed E-state index contributed by atoms with van der Waals surface area (Å²) in [5.74, 6) is -0.248. The fourth-order valence-electron chi connectivity index (χ4n) is 2.26. The molecule has 6 heteroatoms. The van der Waals surface area contributed by atoms with Crippen LogP contribution in [0.4, 0.5) is 4.39 Å². The molecule has 3 N–H and O–H groups in total. The number of hydrogen-bond donors (Lipinski definition) is 3. The van der Waals surface area contributed by atoms with Crippen LogP contribution in [0.15, 0.2) is 24.4 Å². The molecule has 0 fully saturated rings. The second kappa shape index (κ2) is 8.00. The SMILES string of the molecule is CNCC(C)C(=O)NCCc1c[nH]c2cc(F)ccc12.Cl. The van der Waals surface area contributed by atoms with Crippen LogP contribution >= 0.6 is 12.4 Å². The minimum atomic E-state index is -0.250. The molecule has 116 valence electrons. The van der Waals surface area contributed by atoms with E-state index < -0.39 is 0 Å². The summed E-state index contributed by atoms with van der Waals surface area (Å²) in [6, 6.07) is 4.70. The van der Waals surface area contributed by atoms with Gasteiger partial charge in [0.25, 0.3) is 0 Å². The highest BCUT2D eigenvalue weighted by Crippen LogP contribution is 2.19. The molecule has 1 atom stereocenters. The third kappa shape index (κ3) is 4.44. The van der Waals surface area contributed by atoms with E-state index in [0.717, 1.165) is 22.9 Å². The van der Waals surface area contributed by atoms with Gasteiger partial charge >= 0.3 is 0 Å². The molecular formula is C15H21ClFN3O. The Balaban J connectivity index is 0.00000220. The highest BCUT2D eigenvalue weighted by Gasteiger charge is 2.11. The first kappa shape index (κ1) is 17.5. The molecule has 4 nitrogen and oxygen atoms in total. The molecule has 21 heavy (non-hydrogen) atoms. The van der Waals surface area contributed by atoms with Gasteiger partial charge in [-0.2, -0.15) is 0 Å². The van der Waals surface area contributed by atoms with Gasteiger partial charge in [0.05, 0.1) is 0 Å². The van der Waals surface area contributed by atoms with Crippen LogP contribution in [0.2, 0.25) is 0 Å². The van der Waals surface area contributed by atoms with E-state index >= 15 is 0 Å². The van der Waals surface area contributed by atoms with Crippen LogP contribution in [0, 0.1) is 11.7 Å². The lowest BCUT2D eigenvalue weighted by Crippen LogP contribution is -2.35. The third-order valence-corrected chi connectivity index (χ3v) is 3.38. The molecule has 2 rings (SSSR count). The molecule has 0 aliphatic heterocycles. The van der Waals surface area contributed by atoms with E-state index in [0.29, 0.717) is 13.1 Å². The Labute approximate surface area is 129 Å². The number of carbonyl (C=O) groups is 1. The molecule has 0 spiro atoms. The van der Waals surface area contributed by atoms with Crippen LogP contribution in [0.5, 0.6) is 0 Å². The van der Waals surface area contributed by atoms with Gasteiger partial charge in [-0.05, 0) is 37.2 Å². The summed E-state index contributed by atoms with van der Waals surface area (Å²) in [5.41, 5.74) is 1.87. The normalized spacial score (nSPS) is 12.0. The van der Waals surface area contributed by atoms with Crippen LogP contribution in [-0.4, -0.2) is 31.0 Å². The first-order valence-electron chi connectivity index (χ1n) is 6.79. The lowest BCUT2D eigenvalue weighted by atomic mass is 10.1. The fourth-order valence-corrected chi connectivity index (χ4v) is 2.26. The Kier molecular flexibility index (Phi) is 6.65. The summed E-state index contributed by atoms with van der Waals surface area (Å²) in [6.07, 6.45) is 2.59. The minimum Gasteiger partial charge on any atom is -0.361 e. The summed E-state index contributed by atoms with van der Waals surface area (Å²) >= 11 is 0. The largest absolute Gasteiger partial charge is 0.361 e. The van der Waals surface area contributed by atoms with E-state index in [9.17, 15) is 9.18 Å². The summed E-state index contributed by atoms with van der Waals surface area (Å²) in [6.45, 7) is 3.13. The van der Waals surface area contributed by atoms with E-state index in [-0.39, 0.29) is 30.0 Å². The minimum absolute atomic E-state index is 0. The predicted molar refractivity (Wildman–Crippen MR) is 85.3 cm³/mol. The molecule has 1 amide bonds. The molecule has 0 aliphatic rings. The molecule has 0 radical (unpaired) electrons. The Morgan fingerprint density at radius 2 is 2.19 bits per heavy atom. The van der Waals surface area contributed by atoms with Gasteiger partial charge < -0.3 is 15.6 Å². The van der Waals surface area contributed by atoms with E-state index in [1.165, 1.54) is 12.1 Å². The van der Waals surface area contributed by atoms with Crippen LogP contribution < -0.4 is 10.6 Å². The van der Waals surface area contributed by atoms with Crippen LogP contribution in [0.25, 0.3) is 10.9 Å². The zero-order chi connectivity index (χ0) is 14.5. The number of nitrogens with one attached hydrogen (secondary N) is 3. The molecule has 0 saturated carbocycles. The van der Waals surface area contributed by atoms with Crippen LogP contribution in [0.1, 0.15) is 12.5 Å². The smallest absolute Gasteiger partial charge is 0.224 e. The van der Waals surface area contributed by atoms with Crippen molar-refractivity contribution in [1.29, 1.82) is 0 Å². The molecule has 0 saturated heterocycles. The van der Waals surface area contributed by atoms with Crippen molar-refractivity contribution in [3.63, 3.8) is 0 Å². The average molecular weight is 314 g/mol. The Bertz CT molecular complexity index is 600. The van der Waals surface area contributed by atoms with Crippen molar-refractivity contribution in [3.05, 3.63) is 35.8 Å². The molecular weight excluding hydrogens is 293 g/mol. The first-order valence-corrected chi connectivity index (χ1v) is 6.79. The van der Waals surface area contributed by atoms with E-state index in [1.807, 2.05) is 20.2 Å². The van der Waals surface area contributed by atoms with Crippen molar-refractivity contribution >= 4 is 29.2 Å². The van der Waals surface area contributed by atoms with Crippen molar-refractivity contribution in [3.8, 4) is 0 Å². The highest BCUT2D eigenvalue weighted by atomic mass is 35.5. The number of hydrogen-bond acceptors (Lipinski definition) is 2. The summed E-state index contributed by atoms with van der Waals surface area (Å²) in [4.78, 5) is 14.8. The van der Waals surface area contributed by atoms with Crippen LogP contribution in [0.3, 0.4) is 0 Å². The van der Waals surface area contributed by atoms with Crippen molar-refractivity contribution in [2.24, 2.45) is 5.92 Å². The van der Waals surface area contributed by atoms with E-state index in [4.69, 9.17) is 0 Å². The van der Waals surface area contributed by atoms with Crippen molar-refractivity contribution < 1.29 is 9.18 Å². The third-order valence-electron chi connectivity index (χ3n) is 3.38. The predicted octanol–water partition coefficient (Wildman–Crippen LogP) is 2.24. The maximum atomic E-state index is 13.1. The number of aromatic nitrogens is 1. The Hall–Kier alpha value is -1.59. The van der Waals surface area contributed by atoms with Gasteiger partial charge in [-0.3, -0.25) is 4.79 Å². The maximum Gasteiger partial charge on any atom is 0.224 e. The van der Waals surface area contributed by atoms with Gasteiger partial charge in [0.1, 0.15) is 5.82 Å². The number of rotatable bonds is 6. The average Bonchev–Trinajstić information content (AvgIpc) is 2.81. The fraction of sp³-hybridized carbons (Fsp3) is 0.400. The van der Waals surface area contributed by atoms with E-state index in [1.54, 1.807) is 6.07 Å². The maximum absolute atomic E-state index is 13.1. The van der Waals surface area contributed by atoms with Gasteiger partial charge in [0, 0.05) is 36.1 Å². The first-order chi connectivity index (χ1) is 9.61. The zero-order valence-electron chi connectivity index (χ0n) is 12.2. The number of halogens is 2. The molecule has 0 aliphatic carbocycles. The lowest BCUT2D eigenvalue weighted by molar-refractivity contribution is -0.124. The summed E-state index contributed by atoms with van der Waals surface area (Å²) in [5, 5.41) is 6.90. The number of aromatic amines is 1. The Morgan fingerprint density at radius 1 is 1.43 bits per heavy atom. The zero-order valence-corrected chi connectivity index (χ0v) is 13.0. The van der Waals surface area contributed by atoms with Crippen LogP contribution in [-0.2, 0) is 11.2 Å². The molecule has 0 bridgehead atoms. The number of benzene rings is 1.